The van der Waals surface area contributed by atoms with Crippen molar-refractivity contribution in [2.24, 2.45) is 0 Å². The van der Waals surface area contributed by atoms with Crippen molar-refractivity contribution in [1.29, 1.82) is 0 Å². The zero-order chi connectivity index (χ0) is 15.0. The maximum Gasteiger partial charge on any atom is 0.345 e. The van der Waals surface area contributed by atoms with E-state index in [1.165, 1.54) is 28.9 Å². The number of rotatable bonds is 4. The number of hydrogen-bond donors (Lipinski definition) is 1. The SMILES string of the molecule is Cc1sc(C(=O)O)cc1CS(=O)c1ccc2c(c1)CCC2. The molecule has 3 nitrogen and oxygen atoms in total. The van der Waals surface area contributed by atoms with E-state index in [1.807, 2.05) is 13.0 Å². The second-order valence-electron chi connectivity index (χ2n) is 5.27. The van der Waals surface area contributed by atoms with Gasteiger partial charge in [0.15, 0.2) is 0 Å². The highest BCUT2D eigenvalue weighted by molar-refractivity contribution is 7.84. The molecule has 1 N–H and O–H groups in total. The molecule has 0 amide bonds. The zero-order valence-corrected chi connectivity index (χ0v) is 13.4. The van der Waals surface area contributed by atoms with Gasteiger partial charge in [0, 0.05) is 9.77 Å². The third-order valence-electron chi connectivity index (χ3n) is 3.85. The Morgan fingerprint density at radius 2 is 2.05 bits per heavy atom. The Bertz CT molecular complexity index is 731. The molecule has 0 saturated heterocycles. The summed E-state index contributed by atoms with van der Waals surface area (Å²) in [6, 6.07) is 7.73. The van der Waals surface area contributed by atoms with Gasteiger partial charge in [-0.05, 0) is 61.1 Å². The Morgan fingerprint density at radius 3 is 2.76 bits per heavy atom. The standard InChI is InChI=1S/C16H16O3S2/c1-10-13(8-15(20-10)16(17)18)9-21(19)14-6-5-11-3-2-4-12(11)7-14/h5-8H,2-4,9H2,1H3,(H,17,18). The first kappa shape index (κ1) is 14.5. The minimum atomic E-state index is -1.12. The van der Waals surface area contributed by atoms with Crippen molar-refractivity contribution in [3.63, 3.8) is 0 Å². The molecule has 2 aromatic rings. The molecular formula is C16H16O3S2. The zero-order valence-electron chi connectivity index (χ0n) is 11.7. The van der Waals surface area contributed by atoms with Gasteiger partial charge in [-0.15, -0.1) is 11.3 Å². The molecule has 0 bridgehead atoms. The molecule has 5 heteroatoms. The van der Waals surface area contributed by atoms with Crippen molar-refractivity contribution < 1.29 is 14.1 Å². The Balaban J connectivity index is 1.82. The predicted molar refractivity (Wildman–Crippen MR) is 84.6 cm³/mol. The van der Waals surface area contributed by atoms with E-state index in [0.29, 0.717) is 10.6 Å². The van der Waals surface area contributed by atoms with Gasteiger partial charge in [-0.1, -0.05) is 6.07 Å². The van der Waals surface area contributed by atoms with Crippen LogP contribution in [0.4, 0.5) is 0 Å². The van der Waals surface area contributed by atoms with Gasteiger partial charge in [0.1, 0.15) is 4.88 Å². The Morgan fingerprint density at radius 1 is 1.29 bits per heavy atom. The fraction of sp³-hybridized carbons (Fsp3) is 0.312. The lowest BCUT2D eigenvalue weighted by Gasteiger charge is -2.05. The third kappa shape index (κ3) is 2.94. The molecule has 1 unspecified atom stereocenters. The van der Waals surface area contributed by atoms with Crippen molar-refractivity contribution in [3.05, 3.63) is 50.7 Å². The molecule has 1 aromatic heterocycles. The van der Waals surface area contributed by atoms with Crippen LogP contribution in [0.1, 0.15) is 37.7 Å². The Labute approximate surface area is 130 Å². The van der Waals surface area contributed by atoms with Crippen LogP contribution in [0.25, 0.3) is 0 Å². The number of carbonyl (C=O) groups is 1. The summed E-state index contributed by atoms with van der Waals surface area (Å²) in [4.78, 5) is 13.1. The number of hydrogen-bond acceptors (Lipinski definition) is 3. The number of benzene rings is 1. The molecule has 3 rings (SSSR count). The highest BCUT2D eigenvalue weighted by Gasteiger charge is 2.16. The third-order valence-corrected chi connectivity index (χ3v) is 6.28. The minimum Gasteiger partial charge on any atom is -0.477 e. The average molecular weight is 320 g/mol. The van der Waals surface area contributed by atoms with E-state index in [9.17, 15) is 9.00 Å². The van der Waals surface area contributed by atoms with Gasteiger partial charge >= 0.3 is 5.97 Å². The summed E-state index contributed by atoms with van der Waals surface area (Å²) in [5.74, 6) is -0.535. The molecule has 110 valence electrons. The summed E-state index contributed by atoms with van der Waals surface area (Å²) in [5, 5.41) is 9.01. The van der Waals surface area contributed by atoms with E-state index in [1.54, 1.807) is 6.07 Å². The van der Waals surface area contributed by atoms with Crippen molar-refractivity contribution in [2.45, 2.75) is 36.8 Å². The predicted octanol–water partition coefficient (Wildman–Crippen LogP) is 3.55. The minimum absolute atomic E-state index is 0.313. The molecule has 1 heterocycles. The van der Waals surface area contributed by atoms with Crippen LogP contribution in [0.5, 0.6) is 0 Å². The van der Waals surface area contributed by atoms with Crippen molar-refractivity contribution in [2.75, 3.05) is 0 Å². The van der Waals surface area contributed by atoms with Crippen LogP contribution >= 0.6 is 11.3 Å². The summed E-state index contributed by atoms with van der Waals surface area (Å²) >= 11 is 1.25. The van der Waals surface area contributed by atoms with Crippen LogP contribution in [-0.4, -0.2) is 15.3 Å². The average Bonchev–Trinajstić information content (AvgIpc) is 3.05. The fourth-order valence-electron chi connectivity index (χ4n) is 2.68. The molecule has 0 radical (unpaired) electrons. The quantitative estimate of drug-likeness (QED) is 0.937. The molecular weight excluding hydrogens is 304 g/mol. The summed E-state index contributed by atoms with van der Waals surface area (Å²) in [6.07, 6.45) is 3.37. The molecule has 1 aliphatic rings. The van der Waals surface area contributed by atoms with E-state index in [0.717, 1.165) is 28.2 Å². The van der Waals surface area contributed by atoms with Crippen molar-refractivity contribution in [1.82, 2.24) is 0 Å². The lowest BCUT2D eigenvalue weighted by atomic mass is 10.1. The number of fused-ring (bicyclic) bond motifs is 1. The molecule has 0 fully saturated rings. The summed E-state index contributed by atoms with van der Waals surface area (Å²) in [7, 11) is -1.12. The number of thiophene rings is 1. The highest BCUT2D eigenvalue weighted by Crippen LogP contribution is 2.27. The van der Waals surface area contributed by atoms with Crippen molar-refractivity contribution in [3.8, 4) is 0 Å². The summed E-state index contributed by atoms with van der Waals surface area (Å²) < 4.78 is 12.5. The van der Waals surface area contributed by atoms with Gasteiger partial charge in [-0.25, -0.2) is 4.79 Å². The van der Waals surface area contributed by atoms with Crippen LogP contribution in [0.15, 0.2) is 29.2 Å². The number of carboxylic acid groups (broad SMARTS) is 1. The Kier molecular flexibility index (Phi) is 3.95. The topological polar surface area (TPSA) is 54.4 Å². The van der Waals surface area contributed by atoms with Crippen LogP contribution in [0.3, 0.4) is 0 Å². The van der Waals surface area contributed by atoms with Gasteiger partial charge in [0.25, 0.3) is 0 Å². The number of carboxylic acids is 1. The summed E-state index contributed by atoms with van der Waals surface area (Å²) in [6.45, 7) is 1.88. The van der Waals surface area contributed by atoms with Crippen molar-refractivity contribution >= 4 is 28.1 Å². The van der Waals surface area contributed by atoms with Gasteiger partial charge in [-0.3, -0.25) is 4.21 Å². The number of aryl methyl sites for hydroxylation is 3. The molecule has 0 saturated carbocycles. The van der Waals surface area contributed by atoms with E-state index < -0.39 is 16.8 Å². The van der Waals surface area contributed by atoms with Crippen LogP contribution in [-0.2, 0) is 29.4 Å². The van der Waals surface area contributed by atoms with Gasteiger partial charge < -0.3 is 5.11 Å². The first-order valence-corrected chi connectivity index (χ1v) is 9.01. The highest BCUT2D eigenvalue weighted by atomic mass is 32.2. The lowest BCUT2D eigenvalue weighted by Crippen LogP contribution is -1.98. The lowest BCUT2D eigenvalue weighted by molar-refractivity contribution is 0.0702. The maximum absolute atomic E-state index is 12.5. The molecule has 1 aromatic carbocycles. The van der Waals surface area contributed by atoms with Gasteiger partial charge in [0.05, 0.1) is 16.6 Å². The first-order valence-electron chi connectivity index (χ1n) is 6.87. The first-order chi connectivity index (χ1) is 10.0. The largest absolute Gasteiger partial charge is 0.477 e. The fourth-order valence-corrected chi connectivity index (χ4v) is 4.90. The van der Waals surface area contributed by atoms with Crippen LogP contribution in [0.2, 0.25) is 0 Å². The van der Waals surface area contributed by atoms with E-state index >= 15 is 0 Å². The molecule has 1 aliphatic carbocycles. The molecule has 1 atom stereocenters. The van der Waals surface area contributed by atoms with Gasteiger partial charge in [0.2, 0.25) is 0 Å². The monoisotopic (exact) mass is 320 g/mol. The normalized spacial score (nSPS) is 14.9. The smallest absolute Gasteiger partial charge is 0.345 e. The second kappa shape index (κ2) is 5.73. The van der Waals surface area contributed by atoms with E-state index in [4.69, 9.17) is 5.11 Å². The molecule has 21 heavy (non-hydrogen) atoms. The second-order valence-corrected chi connectivity index (χ2v) is 7.98. The Hall–Kier alpha value is -1.46. The van der Waals surface area contributed by atoms with Gasteiger partial charge in [-0.2, -0.15) is 0 Å². The van der Waals surface area contributed by atoms with Crippen LogP contribution < -0.4 is 0 Å². The molecule has 0 aliphatic heterocycles. The number of aromatic carboxylic acids is 1. The van der Waals surface area contributed by atoms with E-state index in [-0.39, 0.29) is 0 Å². The summed E-state index contributed by atoms with van der Waals surface area (Å²) in [5.41, 5.74) is 3.56. The molecule has 0 spiro atoms. The van der Waals surface area contributed by atoms with Crippen LogP contribution in [0, 0.1) is 6.92 Å². The maximum atomic E-state index is 12.5. The van der Waals surface area contributed by atoms with E-state index in [2.05, 4.69) is 12.1 Å².